The zero-order valence-electron chi connectivity index (χ0n) is 20.2. The number of rotatable bonds is 13. The van der Waals surface area contributed by atoms with Crippen LogP contribution in [0.4, 0.5) is 0 Å². The van der Waals surface area contributed by atoms with Gasteiger partial charge in [-0.15, -0.1) is 0 Å². The first-order valence-electron chi connectivity index (χ1n) is 12.3. The van der Waals surface area contributed by atoms with Crippen molar-refractivity contribution in [3.63, 3.8) is 0 Å². The summed E-state index contributed by atoms with van der Waals surface area (Å²) in [6.45, 7) is 7.96. The normalized spacial score (nSPS) is 27.5. The highest BCUT2D eigenvalue weighted by molar-refractivity contribution is 5.76. The van der Waals surface area contributed by atoms with Crippen molar-refractivity contribution >= 4 is 11.9 Å². The maximum atomic E-state index is 12.6. The molecule has 1 saturated heterocycles. The molecule has 0 aromatic carbocycles. The van der Waals surface area contributed by atoms with Crippen molar-refractivity contribution < 1.29 is 29.3 Å². The number of aliphatic hydroxyl groups is 1. The maximum absolute atomic E-state index is 12.6. The Kier molecular flexibility index (Phi) is 10.3. The first kappa shape index (κ1) is 26.4. The zero-order chi connectivity index (χ0) is 23.7. The van der Waals surface area contributed by atoms with Gasteiger partial charge in [-0.05, 0) is 58.1 Å². The minimum absolute atomic E-state index is 0.00881. The van der Waals surface area contributed by atoms with Crippen LogP contribution in [0.5, 0.6) is 0 Å². The fourth-order valence-electron chi connectivity index (χ4n) is 4.38. The van der Waals surface area contributed by atoms with E-state index in [2.05, 4.69) is 6.92 Å². The monoisotopic (exact) mass is 450 g/mol. The van der Waals surface area contributed by atoms with Gasteiger partial charge in [-0.25, -0.2) is 0 Å². The van der Waals surface area contributed by atoms with E-state index in [4.69, 9.17) is 14.6 Å². The van der Waals surface area contributed by atoms with Crippen LogP contribution in [-0.2, 0) is 19.1 Å². The number of carbonyl (C=O) groups excluding carboxylic acids is 1. The highest BCUT2D eigenvalue weighted by Crippen LogP contribution is 2.45. The van der Waals surface area contributed by atoms with E-state index in [0.717, 1.165) is 44.3 Å². The van der Waals surface area contributed by atoms with E-state index >= 15 is 0 Å². The molecule has 32 heavy (non-hydrogen) atoms. The summed E-state index contributed by atoms with van der Waals surface area (Å²) < 4.78 is 11.9. The summed E-state index contributed by atoms with van der Waals surface area (Å²) in [6.07, 6.45) is 12.8. The zero-order valence-corrected chi connectivity index (χ0v) is 20.2. The smallest absolute Gasteiger partial charge is 0.312 e. The number of hydrogen-bond donors (Lipinski definition) is 2. The second-order valence-electron chi connectivity index (χ2n) is 9.92. The quantitative estimate of drug-likeness (QED) is 0.222. The van der Waals surface area contributed by atoms with Gasteiger partial charge in [0.25, 0.3) is 0 Å². The molecule has 1 heterocycles. The van der Waals surface area contributed by atoms with Crippen LogP contribution in [0.3, 0.4) is 0 Å². The molecule has 0 unspecified atom stereocenters. The fraction of sp³-hybridized carbons (Fsp3) is 0.769. The van der Waals surface area contributed by atoms with Gasteiger partial charge in [-0.3, -0.25) is 9.59 Å². The Morgan fingerprint density at radius 2 is 2.00 bits per heavy atom. The molecule has 1 aliphatic heterocycles. The number of hydrogen-bond acceptors (Lipinski definition) is 5. The van der Waals surface area contributed by atoms with E-state index in [-0.39, 0.29) is 36.4 Å². The number of allylic oxidation sites excluding steroid dienone is 2. The summed E-state index contributed by atoms with van der Waals surface area (Å²) in [4.78, 5) is 23.3. The third kappa shape index (κ3) is 7.65. The largest absolute Gasteiger partial charge is 0.495 e. The van der Waals surface area contributed by atoms with Gasteiger partial charge < -0.3 is 19.7 Å². The number of unbranched alkanes of at least 4 members (excludes halogenated alkanes) is 3. The molecule has 2 fully saturated rings. The molecule has 1 saturated carbocycles. The minimum atomic E-state index is -0.780. The molecule has 2 aliphatic rings. The summed E-state index contributed by atoms with van der Waals surface area (Å²) in [5.74, 6) is 0.123. The number of carboxylic acid groups (broad SMARTS) is 1. The predicted molar refractivity (Wildman–Crippen MR) is 124 cm³/mol. The van der Waals surface area contributed by atoms with Crippen molar-refractivity contribution in [2.45, 2.75) is 110 Å². The summed E-state index contributed by atoms with van der Waals surface area (Å²) in [7, 11) is 0. The SMILES string of the molecule is CCCCC[C@@H](/C=C/[C@@H]1[C@H]2C/C(=C/CCCC(=O)O)O[C@H]2C[C@H]1O)OC(=O)C(C)(C)CC. The van der Waals surface area contributed by atoms with E-state index in [1.165, 1.54) is 0 Å². The highest BCUT2D eigenvalue weighted by atomic mass is 16.5. The van der Waals surface area contributed by atoms with Gasteiger partial charge in [0, 0.05) is 31.1 Å². The van der Waals surface area contributed by atoms with E-state index in [0.29, 0.717) is 19.3 Å². The molecule has 6 nitrogen and oxygen atoms in total. The summed E-state index contributed by atoms with van der Waals surface area (Å²) in [5, 5.41) is 19.4. The molecule has 2 N–H and O–H groups in total. The standard InChI is InChI=1S/C26H42O6/c1-5-7-8-11-18(32-25(30)26(3,4)6-2)14-15-20-21-16-19(12-9-10-13-24(28)29)31-23(21)17-22(20)27/h12,14-15,18,20-23,27H,5-11,13,16-17H2,1-4H3,(H,28,29)/b15-14+,19-12-/t18-,20+,21+,22+,23-/m0/s1. The van der Waals surface area contributed by atoms with Crippen LogP contribution < -0.4 is 0 Å². The number of ether oxygens (including phenoxy) is 2. The summed E-state index contributed by atoms with van der Waals surface area (Å²) in [6, 6.07) is 0. The summed E-state index contributed by atoms with van der Waals surface area (Å²) >= 11 is 0. The molecule has 5 atom stereocenters. The van der Waals surface area contributed by atoms with Gasteiger partial charge in [0.15, 0.2) is 0 Å². The van der Waals surface area contributed by atoms with Gasteiger partial charge in [0.1, 0.15) is 12.2 Å². The van der Waals surface area contributed by atoms with Crippen LogP contribution in [0.1, 0.15) is 91.9 Å². The fourth-order valence-corrected chi connectivity index (χ4v) is 4.38. The topological polar surface area (TPSA) is 93.1 Å². The molecule has 0 radical (unpaired) electrons. The molecule has 1 aliphatic carbocycles. The van der Waals surface area contributed by atoms with Crippen LogP contribution in [0, 0.1) is 17.3 Å². The molecule has 182 valence electrons. The van der Waals surface area contributed by atoms with E-state index in [1.807, 2.05) is 39.0 Å². The Labute approximate surface area is 193 Å². The molecule has 2 rings (SSSR count). The molecule has 0 amide bonds. The molecule has 0 aromatic rings. The van der Waals surface area contributed by atoms with Crippen molar-refractivity contribution in [2.75, 3.05) is 0 Å². The molecular weight excluding hydrogens is 408 g/mol. The minimum Gasteiger partial charge on any atom is -0.495 e. The Morgan fingerprint density at radius 1 is 1.25 bits per heavy atom. The third-order valence-electron chi connectivity index (χ3n) is 6.93. The number of fused-ring (bicyclic) bond motifs is 1. The van der Waals surface area contributed by atoms with Crippen LogP contribution in [-0.4, -0.2) is 40.5 Å². The van der Waals surface area contributed by atoms with Crippen molar-refractivity contribution in [3.05, 3.63) is 24.0 Å². The number of esters is 1. The van der Waals surface area contributed by atoms with Gasteiger partial charge >= 0.3 is 11.9 Å². The molecule has 0 aromatic heterocycles. The van der Waals surface area contributed by atoms with Crippen LogP contribution in [0.2, 0.25) is 0 Å². The predicted octanol–water partition coefficient (Wildman–Crippen LogP) is 5.40. The lowest BCUT2D eigenvalue weighted by molar-refractivity contribution is -0.157. The van der Waals surface area contributed by atoms with Gasteiger partial charge in [-0.1, -0.05) is 32.8 Å². The second kappa shape index (κ2) is 12.4. The number of carboxylic acids is 1. The number of carbonyl (C=O) groups is 2. The van der Waals surface area contributed by atoms with Gasteiger partial charge in [-0.2, -0.15) is 0 Å². The van der Waals surface area contributed by atoms with Crippen LogP contribution in [0.25, 0.3) is 0 Å². The average Bonchev–Trinajstić information content (AvgIpc) is 3.25. The van der Waals surface area contributed by atoms with Gasteiger partial charge in [0.05, 0.1) is 17.3 Å². The Bertz CT molecular complexity index is 680. The first-order chi connectivity index (χ1) is 15.2. The summed E-state index contributed by atoms with van der Waals surface area (Å²) in [5.41, 5.74) is -0.506. The molecule has 0 spiro atoms. The highest BCUT2D eigenvalue weighted by Gasteiger charge is 2.47. The van der Waals surface area contributed by atoms with Crippen molar-refractivity contribution in [1.29, 1.82) is 0 Å². The van der Waals surface area contributed by atoms with Crippen LogP contribution >= 0.6 is 0 Å². The molecular formula is C26H42O6. The third-order valence-corrected chi connectivity index (χ3v) is 6.93. The Hall–Kier alpha value is -1.82. The van der Waals surface area contributed by atoms with Crippen LogP contribution in [0.15, 0.2) is 24.0 Å². The van der Waals surface area contributed by atoms with Gasteiger partial charge in [0.2, 0.25) is 0 Å². The lowest BCUT2D eigenvalue weighted by atomic mass is 9.90. The number of aliphatic carboxylic acids is 1. The first-order valence-corrected chi connectivity index (χ1v) is 12.3. The molecule has 6 heteroatoms. The molecule has 0 bridgehead atoms. The van der Waals surface area contributed by atoms with E-state index < -0.39 is 17.5 Å². The Balaban J connectivity index is 2.00. The maximum Gasteiger partial charge on any atom is 0.312 e. The second-order valence-corrected chi connectivity index (χ2v) is 9.92. The number of aliphatic hydroxyl groups excluding tert-OH is 1. The van der Waals surface area contributed by atoms with Crippen molar-refractivity contribution in [1.82, 2.24) is 0 Å². The van der Waals surface area contributed by atoms with Crippen molar-refractivity contribution in [2.24, 2.45) is 17.3 Å². The Morgan fingerprint density at radius 3 is 2.66 bits per heavy atom. The van der Waals surface area contributed by atoms with Crippen molar-refractivity contribution in [3.8, 4) is 0 Å². The lowest BCUT2D eigenvalue weighted by Crippen LogP contribution is -2.29. The lowest BCUT2D eigenvalue weighted by Gasteiger charge is -2.24. The van der Waals surface area contributed by atoms with E-state index in [9.17, 15) is 14.7 Å². The van der Waals surface area contributed by atoms with E-state index in [1.54, 1.807) is 0 Å². The average molecular weight is 451 g/mol.